The molecule has 0 unspecified atom stereocenters. The van der Waals surface area contributed by atoms with Crippen LogP contribution >= 0.6 is 0 Å². The van der Waals surface area contributed by atoms with Gasteiger partial charge in [-0.15, -0.1) is 0 Å². The fourth-order valence-electron chi connectivity index (χ4n) is 2.52. The number of nitrogens with zero attached hydrogens (tertiary/aromatic N) is 2. The first-order valence-corrected chi connectivity index (χ1v) is 9.01. The lowest BCUT2D eigenvalue weighted by Crippen LogP contribution is -2.50. The van der Waals surface area contributed by atoms with Crippen molar-refractivity contribution in [3.8, 4) is 11.5 Å². The van der Waals surface area contributed by atoms with Crippen molar-refractivity contribution in [1.29, 1.82) is 0 Å². The molecule has 2 rings (SSSR count). The SMILES string of the molecule is C/C=C/C(=O)N1CCN(S(=O)(=O)c2cc(OC)ccc2OC)CC1. The molecule has 1 fully saturated rings. The highest BCUT2D eigenvalue weighted by Crippen LogP contribution is 2.31. The number of benzene rings is 1. The van der Waals surface area contributed by atoms with E-state index in [9.17, 15) is 13.2 Å². The second-order valence-corrected chi connectivity index (χ2v) is 7.15. The molecule has 0 radical (unpaired) electrons. The third-order valence-corrected chi connectivity index (χ3v) is 5.77. The van der Waals surface area contributed by atoms with Crippen molar-refractivity contribution in [3.05, 3.63) is 30.4 Å². The molecule has 0 bridgehead atoms. The molecular formula is C16H22N2O5S. The molecule has 1 heterocycles. The summed E-state index contributed by atoms with van der Waals surface area (Å²) in [5.74, 6) is 0.605. The van der Waals surface area contributed by atoms with E-state index >= 15 is 0 Å². The van der Waals surface area contributed by atoms with Gasteiger partial charge in [-0.1, -0.05) is 6.08 Å². The van der Waals surface area contributed by atoms with Crippen LogP contribution in [0.15, 0.2) is 35.2 Å². The predicted molar refractivity (Wildman–Crippen MR) is 89.7 cm³/mol. The van der Waals surface area contributed by atoms with Crippen LogP contribution in [0.1, 0.15) is 6.92 Å². The second kappa shape index (κ2) is 7.67. The van der Waals surface area contributed by atoms with E-state index in [1.54, 1.807) is 30.0 Å². The highest BCUT2D eigenvalue weighted by Gasteiger charge is 2.32. The third-order valence-electron chi connectivity index (χ3n) is 3.85. The normalized spacial score (nSPS) is 16.4. The molecular weight excluding hydrogens is 332 g/mol. The average Bonchev–Trinajstić information content (AvgIpc) is 2.61. The quantitative estimate of drug-likeness (QED) is 0.741. The number of sulfonamides is 1. The highest BCUT2D eigenvalue weighted by atomic mass is 32.2. The number of ether oxygens (including phenoxy) is 2. The largest absolute Gasteiger partial charge is 0.497 e. The molecule has 1 saturated heterocycles. The van der Waals surface area contributed by atoms with Gasteiger partial charge in [-0.05, 0) is 25.1 Å². The summed E-state index contributed by atoms with van der Waals surface area (Å²) in [6, 6.07) is 4.66. The summed E-state index contributed by atoms with van der Waals surface area (Å²) in [7, 11) is -0.825. The van der Waals surface area contributed by atoms with E-state index in [-0.39, 0.29) is 29.6 Å². The number of piperazine rings is 1. The average molecular weight is 354 g/mol. The van der Waals surface area contributed by atoms with E-state index in [0.717, 1.165) is 0 Å². The maximum Gasteiger partial charge on any atom is 0.247 e. The highest BCUT2D eigenvalue weighted by molar-refractivity contribution is 7.89. The van der Waals surface area contributed by atoms with Crippen molar-refractivity contribution < 1.29 is 22.7 Å². The number of allylic oxidation sites excluding steroid dienone is 1. The number of carbonyl (C=O) groups excluding carboxylic acids is 1. The molecule has 1 aliphatic heterocycles. The lowest BCUT2D eigenvalue weighted by atomic mass is 10.3. The zero-order valence-electron chi connectivity index (χ0n) is 14.1. The van der Waals surface area contributed by atoms with Gasteiger partial charge in [0, 0.05) is 32.2 Å². The van der Waals surface area contributed by atoms with E-state index in [1.807, 2.05) is 0 Å². The van der Waals surface area contributed by atoms with Crippen molar-refractivity contribution in [2.45, 2.75) is 11.8 Å². The lowest BCUT2D eigenvalue weighted by molar-refractivity contribution is -0.127. The standard InChI is InChI=1S/C16H22N2O5S/c1-4-5-16(19)17-8-10-18(11-9-17)24(20,21)15-12-13(22-2)6-7-14(15)23-3/h4-7,12H,8-11H2,1-3H3/b5-4+. The Hall–Kier alpha value is -2.06. The number of amides is 1. The number of hydrogen-bond acceptors (Lipinski definition) is 5. The lowest BCUT2D eigenvalue weighted by Gasteiger charge is -2.33. The minimum atomic E-state index is -3.73. The molecule has 0 atom stereocenters. The molecule has 0 N–H and O–H groups in total. The summed E-state index contributed by atoms with van der Waals surface area (Å²) in [5.41, 5.74) is 0. The van der Waals surface area contributed by atoms with Gasteiger partial charge in [-0.25, -0.2) is 8.42 Å². The Morgan fingerprint density at radius 3 is 2.33 bits per heavy atom. The van der Waals surface area contributed by atoms with Crippen LogP contribution < -0.4 is 9.47 Å². The van der Waals surface area contributed by atoms with E-state index in [0.29, 0.717) is 18.8 Å². The van der Waals surface area contributed by atoms with Gasteiger partial charge in [0.25, 0.3) is 0 Å². The second-order valence-electron chi connectivity index (χ2n) is 5.25. The van der Waals surface area contributed by atoms with Crippen molar-refractivity contribution >= 4 is 15.9 Å². The van der Waals surface area contributed by atoms with E-state index in [2.05, 4.69) is 0 Å². The molecule has 0 spiro atoms. The molecule has 0 aromatic heterocycles. The molecule has 1 aliphatic rings. The smallest absolute Gasteiger partial charge is 0.247 e. The molecule has 0 aliphatic carbocycles. The first-order chi connectivity index (χ1) is 11.4. The molecule has 7 nitrogen and oxygen atoms in total. The minimum Gasteiger partial charge on any atom is -0.497 e. The summed E-state index contributed by atoms with van der Waals surface area (Å²) in [4.78, 5) is 13.5. The van der Waals surface area contributed by atoms with E-state index in [4.69, 9.17) is 9.47 Å². The Labute approximate surface area is 142 Å². The Morgan fingerprint density at radius 2 is 1.79 bits per heavy atom. The number of methoxy groups -OCH3 is 2. The molecule has 24 heavy (non-hydrogen) atoms. The van der Waals surface area contributed by atoms with Crippen molar-refractivity contribution in [2.75, 3.05) is 40.4 Å². The van der Waals surface area contributed by atoms with Crippen LogP contribution in [0.25, 0.3) is 0 Å². The van der Waals surface area contributed by atoms with E-state index < -0.39 is 10.0 Å². The van der Waals surface area contributed by atoms with Crippen LogP contribution in [0.3, 0.4) is 0 Å². The minimum absolute atomic E-state index is 0.0672. The van der Waals surface area contributed by atoms with Gasteiger partial charge in [0.1, 0.15) is 16.4 Å². The van der Waals surface area contributed by atoms with Gasteiger partial charge in [-0.3, -0.25) is 4.79 Å². The van der Waals surface area contributed by atoms with Gasteiger partial charge in [0.05, 0.1) is 14.2 Å². The topological polar surface area (TPSA) is 76.2 Å². The van der Waals surface area contributed by atoms with Crippen LogP contribution in [0.4, 0.5) is 0 Å². The van der Waals surface area contributed by atoms with Crippen LogP contribution in [0.5, 0.6) is 11.5 Å². The summed E-state index contributed by atoms with van der Waals surface area (Å²) < 4.78 is 37.5. The first kappa shape index (κ1) is 18.3. The van der Waals surface area contributed by atoms with Gasteiger partial charge >= 0.3 is 0 Å². The van der Waals surface area contributed by atoms with Gasteiger partial charge in [0.15, 0.2) is 0 Å². The Kier molecular flexibility index (Phi) is 5.84. The van der Waals surface area contributed by atoms with Crippen molar-refractivity contribution in [3.63, 3.8) is 0 Å². The fourth-order valence-corrected chi connectivity index (χ4v) is 4.11. The molecule has 0 saturated carbocycles. The first-order valence-electron chi connectivity index (χ1n) is 7.57. The zero-order valence-corrected chi connectivity index (χ0v) is 14.9. The maximum atomic E-state index is 12.9. The van der Waals surface area contributed by atoms with Crippen LogP contribution in [-0.2, 0) is 14.8 Å². The van der Waals surface area contributed by atoms with Crippen LogP contribution in [0, 0.1) is 0 Å². The summed E-state index contributed by atoms with van der Waals surface area (Å²) in [5, 5.41) is 0. The summed E-state index contributed by atoms with van der Waals surface area (Å²) in [6.45, 7) is 2.97. The Bertz CT molecular complexity index is 722. The van der Waals surface area contributed by atoms with Crippen LogP contribution in [0.2, 0.25) is 0 Å². The van der Waals surface area contributed by atoms with Crippen molar-refractivity contribution in [1.82, 2.24) is 9.21 Å². The van der Waals surface area contributed by atoms with Crippen molar-refractivity contribution in [2.24, 2.45) is 0 Å². The molecule has 1 aromatic carbocycles. The molecule has 1 aromatic rings. The number of rotatable bonds is 5. The Balaban J connectivity index is 2.22. The van der Waals surface area contributed by atoms with Crippen LogP contribution in [-0.4, -0.2) is 63.9 Å². The molecule has 8 heteroatoms. The van der Waals surface area contributed by atoms with Gasteiger partial charge in [-0.2, -0.15) is 4.31 Å². The summed E-state index contributed by atoms with van der Waals surface area (Å²) in [6.07, 6.45) is 3.15. The summed E-state index contributed by atoms with van der Waals surface area (Å²) >= 11 is 0. The van der Waals surface area contributed by atoms with Gasteiger partial charge < -0.3 is 14.4 Å². The predicted octanol–water partition coefficient (Wildman–Crippen LogP) is 1.11. The zero-order chi connectivity index (χ0) is 17.7. The maximum absolute atomic E-state index is 12.9. The van der Waals surface area contributed by atoms with Gasteiger partial charge in [0.2, 0.25) is 15.9 Å². The molecule has 132 valence electrons. The number of carbonyl (C=O) groups is 1. The van der Waals surface area contributed by atoms with E-state index in [1.165, 1.54) is 30.7 Å². The third kappa shape index (κ3) is 3.70. The fraction of sp³-hybridized carbons (Fsp3) is 0.438. The number of hydrogen-bond donors (Lipinski definition) is 0. The molecule has 1 amide bonds. The Morgan fingerprint density at radius 1 is 1.12 bits per heavy atom. The monoisotopic (exact) mass is 354 g/mol.